The molecular weight excluding hydrogens is 580 g/mol. The molecule has 0 unspecified atom stereocenters. The molecule has 0 aliphatic heterocycles. The molecule has 42 heavy (non-hydrogen) atoms. The van der Waals surface area contributed by atoms with E-state index in [4.69, 9.17) is 15.9 Å². The summed E-state index contributed by atoms with van der Waals surface area (Å²) in [6.45, 7) is 3.63. The standard InChI is InChI=1S/C27H32N8O5S2/c1-27(2,28)25(36)32-19-8-6-18(7-9-19)21-12-13-22-23(33-21)24(30-14-15-41(3,37)38)35-26(34-22)31-16-17-4-10-20(11-5-17)42(29,39)40/h4-13H,14-16,28H2,1-3H3,(H,32,36)(H2,29,39,40)(H2,30,31,34,35). The van der Waals surface area contributed by atoms with Crippen LogP contribution in [0.2, 0.25) is 0 Å². The Morgan fingerprint density at radius 1 is 0.881 bits per heavy atom. The third-order valence-corrected chi connectivity index (χ3v) is 7.91. The summed E-state index contributed by atoms with van der Waals surface area (Å²) >= 11 is 0. The molecule has 2 aromatic heterocycles. The third-order valence-electron chi connectivity index (χ3n) is 6.03. The van der Waals surface area contributed by atoms with Crippen LogP contribution in [0.25, 0.3) is 22.3 Å². The molecule has 0 saturated carbocycles. The van der Waals surface area contributed by atoms with Gasteiger partial charge >= 0.3 is 0 Å². The number of sulfone groups is 1. The molecule has 4 rings (SSSR count). The number of carbonyl (C=O) groups excluding carboxylic acids is 1. The maximum atomic E-state index is 12.2. The molecule has 2 aromatic carbocycles. The van der Waals surface area contributed by atoms with Gasteiger partial charge < -0.3 is 21.7 Å². The van der Waals surface area contributed by atoms with Crippen molar-refractivity contribution in [1.29, 1.82) is 0 Å². The molecular formula is C27H32N8O5S2. The fourth-order valence-corrected chi connectivity index (χ4v) is 4.72. The van der Waals surface area contributed by atoms with Crippen LogP contribution in [-0.4, -0.2) is 61.8 Å². The summed E-state index contributed by atoms with van der Waals surface area (Å²) < 4.78 is 46.4. The van der Waals surface area contributed by atoms with E-state index in [2.05, 4.69) is 25.9 Å². The van der Waals surface area contributed by atoms with E-state index in [1.54, 1.807) is 50.2 Å². The maximum absolute atomic E-state index is 12.2. The summed E-state index contributed by atoms with van der Waals surface area (Å²) in [5.41, 5.74) is 8.51. The van der Waals surface area contributed by atoms with Gasteiger partial charge in [0.25, 0.3) is 0 Å². The highest BCUT2D eigenvalue weighted by Gasteiger charge is 2.21. The van der Waals surface area contributed by atoms with E-state index in [1.165, 1.54) is 12.1 Å². The fourth-order valence-electron chi connectivity index (χ4n) is 3.73. The van der Waals surface area contributed by atoms with Crippen molar-refractivity contribution in [3.05, 3.63) is 66.2 Å². The van der Waals surface area contributed by atoms with Crippen molar-refractivity contribution < 1.29 is 21.6 Å². The molecule has 0 aliphatic carbocycles. The lowest BCUT2D eigenvalue weighted by Gasteiger charge is -2.17. The fraction of sp³-hybridized carbons (Fsp3) is 0.259. The number of pyridine rings is 1. The Bertz CT molecular complexity index is 1820. The predicted octanol–water partition coefficient (Wildman–Crippen LogP) is 2.08. The summed E-state index contributed by atoms with van der Waals surface area (Å²) in [6.07, 6.45) is 1.15. The van der Waals surface area contributed by atoms with Crippen LogP contribution >= 0.6 is 0 Å². The van der Waals surface area contributed by atoms with Gasteiger partial charge in [0.2, 0.25) is 21.9 Å². The Hall–Kier alpha value is -4.18. The monoisotopic (exact) mass is 612 g/mol. The molecule has 4 aromatic rings. The van der Waals surface area contributed by atoms with Crippen LogP contribution in [0.15, 0.2) is 65.6 Å². The van der Waals surface area contributed by atoms with Crippen molar-refractivity contribution in [3.8, 4) is 11.3 Å². The lowest BCUT2D eigenvalue weighted by Crippen LogP contribution is -2.45. The van der Waals surface area contributed by atoms with Gasteiger partial charge in [-0.15, -0.1) is 0 Å². The number of amides is 1. The zero-order valence-corrected chi connectivity index (χ0v) is 24.9. The molecule has 0 radical (unpaired) electrons. The molecule has 2 heterocycles. The lowest BCUT2D eigenvalue weighted by atomic mass is 10.1. The molecule has 0 aliphatic rings. The minimum absolute atomic E-state index is 0.00588. The Labute approximate surface area is 244 Å². The number of nitrogens with two attached hydrogens (primary N) is 2. The normalized spacial score (nSPS) is 12.2. The largest absolute Gasteiger partial charge is 0.367 e. The van der Waals surface area contributed by atoms with Crippen LogP contribution in [0.1, 0.15) is 19.4 Å². The van der Waals surface area contributed by atoms with Crippen molar-refractivity contribution in [2.24, 2.45) is 10.9 Å². The quantitative estimate of drug-likeness (QED) is 0.165. The topological polar surface area (TPSA) is 212 Å². The zero-order valence-electron chi connectivity index (χ0n) is 23.2. The van der Waals surface area contributed by atoms with Crippen LogP contribution < -0.4 is 26.8 Å². The first-order chi connectivity index (χ1) is 19.6. The molecule has 222 valence electrons. The Morgan fingerprint density at radius 3 is 2.14 bits per heavy atom. The number of nitrogens with zero attached hydrogens (tertiary/aromatic N) is 3. The Balaban J connectivity index is 1.61. The molecule has 0 atom stereocenters. The second-order valence-electron chi connectivity index (χ2n) is 10.3. The minimum Gasteiger partial charge on any atom is -0.367 e. The van der Waals surface area contributed by atoms with Gasteiger partial charge in [0.05, 0.1) is 27.4 Å². The lowest BCUT2D eigenvalue weighted by molar-refractivity contribution is -0.120. The molecule has 13 nitrogen and oxygen atoms in total. The van der Waals surface area contributed by atoms with Crippen molar-refractivity contribution in [2.45, 2.75) is 30.8 Å². The van der Waals surface area contributed by atoms with Gasteiger partial charge in [-0.2, -0.15) is 4.98 Å². The number of benzene rings is 2. The van der Waals surface area contributed by atoms with Crippen LogP contribution in [0.4, 0.5) is 17.5 Å². The molecule has 15 heteroatoms. The van der Waals surface area contributed by atoms with Crippen LogP contribution in [0.3, 0.4) is 0 Å². The van der Waals surface area contributed by atoms with Gasteiger partial charge in [0, 0.05) is 30.6 Å². The number of sulfonamides is 1. The van der Waals surface area contributed by atoms with E-state index in [1.807, 2.05) is 12.1 Å². The van der Waals surface area contributed by atoms with Gasteiger partial charge in [-0.05, 0) is 55.8 Å². The van der Waals surface area contributed by atoms with Gasteiger partial charge in [-0.25, -0.2) is 31.9 Å². The van der Waals surface area contributed by atoms with E-state index >= 15 is 0 Å². The van der Waals surface area contributed by atoms with Gasteiger partial charge in [-0.1, -0.05) is 24.3 Å². The number of hydrogen-bond acceptors (Lipinski definition) is 11. The van der Waals surface area contributed by atoms with Crippen molar-refractivity contribution in [1.82, 2.24) is 15.0 Å². The Morgan fingerprint density at radius 2 is 1.55 bits per heavy atom. The first-order valence-corrected chi connectivity index (χ1v) is 16.4. The first kappa shape index (κ1) is 30.8. The van der Waals surface area contributed by atoms with E-state index in [0.29, 0.717) is 28.2 Å². The van der Waals surface area contributed by atoms with Gasteiger partial charge in [0.15, 0.2) is 5.82 Å². The number of carbonyl (C=O) groups is 1. The molecule has 0 fully saturated rings. The molecule has 0 spiro atoms. The second-order valence-corrected chi connectivity index (χ2v) is 14.1. The maximum Gasteiger partial charge on any atom is 0.243 e. The number of aromatic nitrogens is 3. The average molecular weight is 613 g/mol. The minimum atomic E-state index is -3.80. The molecule has 0 bridgehead atoms. The number of primary sulfonamides is 1. The SMILES string of the molecule is CC(C)(N)C(=O)Nc1ccc(-c2ccc3nc(NCc4ccc(S(N)(=O)=O)cc4)nc(NCCS(C)(=O)=O)c3n2)cc1. The second kappa shape index (κ2) is 12.0. The van der Waals surface area contributed by atoms with Crippen molar-refractivity contribution >= 4 is 54.3 Å². The van der Waals surface area contributed by atoms with E-state index < -0.39 is 25.4 Å². The zero-order chi connectivity index (χ0) is 30.7. The van der Waals surface area contributed by atoms with E-state index in [-0.39, 0.29) is 35.6 Å². The average Bonchev–Trinajstić information content (AvgIpc) is 2.90. The summed E-state index contributed by atoms with van der Waals surface area (Å²) in [7, 11) is -7.02. The molecule has 1 amide bonds. The third kappa shape index (κ3) is 8.19. The van der Waals surface area contributed by atoms with Crippen LogP contribution in [-0.2, 0) is 31.2 Å². The number of nitrogens with one attached hydrogen (secondary N) is 3. The Kier molecular flexibility index (Phi) is 8.77. The first-order valence-electron chi connectivity index (χ1n) is 12.8. The number of anilines is 3. The van der Waals surface area contributed by atoms with Gasteiger partial charge in [-0.3, -0.25) is 4.79 Å². The summed E-state index contributed by atoms with van der Waals surface area (Å²) in [6, 6.07) is 16.8. The molecule has 0 saturated heterocycles. The number of rotatable bonds is 11. The van der Waals surface area contributed by atoms with E-state index in [9.17, 15) is 21.6 Å². The molecule has 7 N–H and O–H groups in total. The highest BCUT2D eigenvalue weighted by atomic mass is 32.2. The van der Waals surface area contributed by atoms with Crippen molar-refractivity contribution in [3.63, 3.8) is 0 Å². The van der Waals surface area contributed by atoms with Crippen molar-refractivity contribution in [2.75, 3.05) is 34.5 Å². The smallest absolute Gasteiger partial charge is 0.243 e. The summed E-state index contributed by atoms with van der Waals surface area (Å²) in [5, 5.41) is 14.1. The predicted molar refractivity (Wildman–Crippen MR) is 163 cm³/mol. The van der Waals surface area contributed by atoms with Crippen LogP contribution in [0.5, 0.6) is 0 Å². The summed E-state index contributed by atoms with van der Waals surface area (Å²) in [4.78, 5) is 26.0. The van der Waals surface area contributed by atoms with E-state index in [0.717, 1.165) is 17.4 Å². The highest BCUT2D eigenvalue weighted by molar-refractivity contribution is 7.90. The van der Waals surface area contributed by atoms with Crippen LogP contribution in [0, 0.1) is 0 Å². The highest BCUT2D eigenvalue weighted by Crippen LogP contribution is 2.26. The summed E-state index contributed by atoms with van der Waals surface area (Å²) in [5.74, 6) is 0.180. The number of fused-ring (bicyclic) bond motifs is 1. The number of hydrogen-bond donors (Lipinski definition) is 5. The van der Waals surface area contributed by atoms with Gasteiger partial charge in [0.1, 0.15) is 15.4 Å².